The van der Waals surface area contributed by atoms with Gasteiger partial charge in [-0.3, -0.25) is 0 Å². The van der Waals surface area contributed by atoms with E-state index in [0.717, 1.165) is 0 Å². The first-order valence-corrected chi connectivity index (χ1v) is 15.7. The van der Waals surface area contributed by atoms with E-state index in [1.807, 2.05) is 0 Å². The van der Waals surface area contributed by atoms with Gasteiger partial charge in [0.2, 0.25) is 0 Å². The van der Waals surface area contributed by atoms with E-state index in [1.54, 1.807) is 11.3 Å². The summed E-state index contributed by atoms with van der Waals surface area (Å²) in [6.07, 6.45) is 0. The normalized spacial score (nSPS) is 13.8. The van der Waals surface area contributed by atoms with E-state index < -0.39 is 21.3 Å². The number of hydrogen-bond donors (Lipinski definition) is 0. The third-order valence-corrected chi connectivity index (χ3v) is 8.10. The van der Waals surface area contributed by atoms with Gasteiger partial charge in [0.05, 0.1) is 0 Å². The molecule has 0 aliphatic carbocycles. The molecule has 0 atom stereocenters. The van der Waals surface area contributed by atoms with Gasteiger partial charge >= 0.3 is 69.5 Å². The average Bonchev–Trinajstić information content (AvgIpc) is 1.57. The third-order valence-electron chi connectivity index (χ3n) is 1.62. The summed E-state index contributed by atoms with van der Waals surface area (Å²) >= 11 is -1.18. The van der Waals surface area contributed by atoms with Crippen LogP contribution in [0.1, 0.15) is 0 Å². The fourth-order valence-electron chi connectivity index (χ4n) is 0.750. The molecule has 0 aromatic heterocycles. The number of hydrogen-bond acceptors (Lipinski definition) is 0. The molecule has 0 bridgehead atoms. The molecule has 0 N–H and O–H groups in total. The molecular weight excluding hydrogens is 197 g/mol. The van der Waals surface area contributed by atoms with Crippen LogP contribution in [0.25, 0.3) is 0 Å². The van der Waals surface area contributed by atoms with E-state index >= 15 is 0 Å². The first kappa shape index (κ1) is 10.8. The topological polar surface area (TPSA) is 0 Å². The standard InChI is InChI=1S/C8H22GeSi/c1-9(2,3)7-8-10(4,5)6/h7-8H2,1-6H3. The molecule has 62 valence electrons. The molecule has 0 saturated carbocycles. The van der Waals surface area contributed by atoms with Crippen molar-refractivity contribution in [1.29, 1.82) is 0 Å². The zero-order valence-electron chi connectivity index (χ0n) is 8.41. The second kappa shape index (κ2) is 3.44. The molecule has 0 aromatic rings. The second-order valence-corrected chi connectivity index (χ2v) is 23.0. The molecule has 0 aliphatic rings. The summed E-state index contributed by atoms with van der Waals surface area (Å²) in [5, 5.41) is 1.58. The van der Waals surface area contributed by atoms with Crippen LogP contribution in [-0.4, -0.2) is 21.3 Å². The van der Waals surface area contributed by atoms with Crippen LogP contribution < -0.4 is 0 Å². The van der Waals surface area contributed by atoms with Gasteiger partial charge in [-0.25, -0.2) is 0 Å². The molecule has 2 heteroatoms. The fourth-order valence-corrected chi connectivity index (χ4v) is 11.7. The molecule has 10 heavy (non-hydrogen) atoms. The SMILES string of the molecule is C[Si](C)(C)C[CH2][Ge]([CH3])([CH3])[CH3]. The Labute approximate surface area is 69.8 Å². The van der Waals surface area contributed by atoms with E-state index in [9.17, 15) is 0 Å². The molecule has 0 heterocycles. The molecule has 0 aliphatic heterocycles. The van der Waals surface area contributed by atoms with Gasteiger partial charge in [0.25, 0.3) is 0 Å². The van der Waals surface area contributed by atoms with Crippen molar-refractivity contribution in [2.75, 3.05) is 0 Å². The molecule has 0 nitrogen and oxygen atoms in total. The average molecular weight is 219 g/mol. The van der Waals surface area contributed by atoms with Crippen LogP contribution in [-0.2, 0) is 0 Å². The molecule has 0 aromatic carbocycles. The summed E-state index contributed by atoms with van der Waals surface area (Å²) < 4.78 is 0. The molecule has 0 radical (unpaired) electrons. The van der Waals surface area contributed by atoms with Crippen LogP contribution in [0.4, 0.5) is 0 Å². The molecule has 0 saturated heterocycles. The van der Waals surface area contributed by atoms with Gasteiger partial charge in [0, 0.05) is 0 Å². The van der Waals surface area contributed by atoms with Crippen LogP contribution in [0, 0.1) is 0 Å². The monoisotopic (exact) mass is 220 g/mol. The predicted octanol–water partition coefficient (Wildman–Crippen LogP) is 3.66. The summed E-state index contributed by atoms with van der Waals surface area (Å²) in [6.45, 7) is 7.42. The van der Waals surface area contributed by atoms with Crippen molar-refractivity contribution >= 4 is 21.3 Å². The Balaban J connectivity index is 3.56. The molecule has 0 fully saturated rings. The maximum atomic E-state index is 2.51. The summed E-state index contributed by atoms with van der Waals surface area (Å²) in [6, 6.07) is 1.55. The maximum absolute atomic E-state index is 2.51. The summed E-state index contributed by atoms with van der Waals surface area (Å²) in [5.41, 5.74) is 0. The Kier molecular flexibility index (Phi) is 3.70. The quantitative estimate of drug-likeness (QED) is 0.635. The van der Waals surface area contributed by atoms with Gasteiger partial charge in [-0.15, -0.1) is 0 Å². The van der Waals surface area contributed by atoms with E-state index in [4.69, 9.17) is 0 Å². The molecule has 0 unspecified atom stereocenters. The first-order chi connectivity index (χ1) is 4.21. The van der Waals surface area contributed by atoms with E-state index in [-0.39, 0.29) is 0 Å². The predicted molar refractivity (Wildman–Crippen MR) is 56.3 cm³/mol. The number of rotatable bonds is 3. The Morgan fingerprint density at radius 1 is 1.00 bits per heavy atom. The Hall–Kier alpha value is 0.760. The van der Waals surface area contributed by atoms with Gasteiger partial charge < -0.3 is 0 Å². The van der Waals surface area contributed by atoms with Crippen molar-refractivity contribution in [2.45, 2.75) is 48.2 Å². The Bertz CT molecular complexity index is 82.8. The van der Waals surface area contributed by atoms with Gasteiger partial charge in [-0.1, -0.05) is 0 Å². The zero-order valence-corrected chi connectivity index (χ0v) is 11.5. The van der Waals surface area contributed by atoms with Crippen molar-refractivity contribution in [3.63, 3.8) is 0 Å². The zero-order chi connectivity index (χ0) is 8.41. The minimum absolute atomic E-state index is 0.720. The summed E-state index contributed by atoms with van der Waals surface area (Å²) in [7, 11) is -0.720. The van der Waals surface area contributed by atoms with Gasteiger partial charge in [-0.2, -0.15) is 0 Å². The van der Waals surface area contributed by atoms with Crippen LogP contribution >= 0.6 is 0 Å². The van der Waals surface area contributed by atoms with E-state index in [2.05, 4.69) is 36.9 Å². The summed E-state index contributed by atoms with van der Waals surface area (Å²) in [4.78, 5) is 0. The van der Waals surface area contributed by atoms with Gasteiger partial charge in [-0.05, 0) is 0 Å². The van der Waals surface area contributed by atoms with Gasteiger partial charge in [0.1, 0.15) is 0 Å². The fraction of sp³-hybridized carbons (Fsp3) is 1.00. The first-order valence-electron chi connectivity index (χ1n) is 4.21. The Morgan fingerprint density at radius 2 is 1.40 bits per heavy atom. The van der Waals surface area contributed by atoms with Crippen LogP contribution in [0.15, 0.2) is 0 Å². The van der Waals surface area contributed by atoms with E-state index in [0.29, 0.717) is 0 Å². The Morgan fingerprint density at radius 3 is 1.50 bits per heavy atom. The van der Waals surface area contributed by atoms with E-state index in [1.165, 1.54) is 0 Å². The molecule has 0 rings (SSSR count). The van der Waals surface area contributed by atoms with Crippen LogP contribution in [0.2, 0.25) is 48.2 Å². The van der Waals surface area contributed by atoms with Crippen molar-refractivity contribution in [1.82, 2.24) is 0 Å². The molecule has 0 amide bonds. The van der Waals surface area contributed by atoms with Crippen molar-refractivity contribution < 1.29 is 0 Å². The van der Waals surface area contributed by atoms with Crippen molar-refractivity contribution in [3.05, 3.63) is 0 Å². The van der Waals surface area contributed by atoms with Gasteiger partial charge in [0.15, 0.2) is 0 Å². The molecular formula is C8H22GeSi. The van der Waals surface area contributed by atoms with Crippen LogP contribution in [0.3, 0.4) is 0 Å². The van der Waals surface area contributed by atoms with Crippen molar-refractivity contribution in [2.24, 2.45) is 0 Å². The molecule has 0 spiro atoms. The van der Waals surface area contributed by atoms with Crippen LogP contribution in [0.5, 0.6) is 0 Å². The van der Waals surface area contributed by atoms with Crippen molar-refractivity contribution in [3.8, 4) is 0 Å². The summed E-state index contributed by atoms with van der Waals surface area (Å²) in [5.74, 6) is 7.54. The minimum atomic E-state index is -1.18. The second-order valence-electron chi connectivity index (χ2n) is 5.62. The third kappa shape index (κ3) is 8.76.